The maximum absolute atomic E-state index is 12.9. The Kier molecular flexibility index (Phi) is 6.31. The summed E-state index contributed by atoms with van der Waals surface area (Å²) in [5.74, 6) is 0.757. The fourth-order valence-electron chi connectivity index (χ4n) is 3.95. The summed E-state index contributed by atoms with van der Waals surface area (Å²) >= 11 is 0. The maximum Gasteiger partial charge on any atom is 0.243 e. The van der Waals surface area contributed by atoms with Crippen molar-refractivity contribution in [3.8, 4) is 0 Å². The van der Waals surface area contributed by atoms with Crippen LogP contribution in [-0.4, -0.2) is 50.8 Å². The lowest BCUT2D eigenvalue weighted by molar-refractivity contribution is 0.260. The van der Waals surface area contributed by atoms with Crippen LogP contribution in [0, 0.1) is 11.8 Å². The molecule has 136 valence electrons. The Morgan fingerprint density at radius 3 is 2.42 bits per heavy atom. The molecule has 7 heteroatoms. The zero-order valence-corrected chi connectivity index (χ0v) is 16.0. The third-order valence-electron chi connectivity index (χ3n) is 5.18. The Morgan fingerprint density at radius 2 is 1.83 bits per heavy atom. The molecule has 0 spiro atoms. The topological polar surface area (TPSA) is 66.6 Å². The minimum atomic E-state index is -3.40. The van der Waals surface area contributed by atoms with Gasteiger partial charge in [-0.3, -0.25) is 0 Å². The SMILES string of the molecule is CN(C)Cc1ccc(S(=O)(=O)N2CC3CCCC(N)C3C2)cc1.Cl. The lowest BCUT2D eigenvalue weighted by Gasteiger charge is -2.29. The smallest absolute Gasteiger partial charge is 0.243 e. The molecule has 1 aliphatic heterocycles. The van der Waals surface area contributed by atoms with E-state index in [-0.39, 0.29) is 18.4 Å². The molecule has 0 amide bonds. The molecule has 1 aromatic rings. The summed E-state index contributed by atoms with van der Waals surface area (Å²) in [5, 5.41) is 0. The number of benzene rings is 1. The Balaban J connectivity index is 0.00000208. The van der Waals surface area contributed by atoms with E-state index in [1.54, 1.807) is 16.4 Å². The van der Waals surface area contributed by atoms with Crippen LogP contribution in [0.2, 0.25) is 0 Å². The highest BCUT2D eigenvalue weighted by Crippen LogP contribution is 2.37. The largest absolute Gasteiger partial charge is 0.327 e. The molecule has 3 atom stereocenters. The third kappa shape index (κ3) is 3.94. The van der Waals surface area contributed by atoms with Crippen molar-refractivity contribution in [2.45, 2.75) is 36.7 Å². The number of halogens is 1. The van der Waals surface area contributed by atoms with E-state index in [9.17, 15) is 8.42 Å². The second-order valence-corrected chi connectivity index (χ2v) is 9.16. The summed E-state index contributed by atoms with van der Waals surface area (Å²) in [7, 11) is 0.598. The molecule has 24 heavy (non-hydrogen) atoms. The number of nitrogens with two attached hydrogens (primary N) is 1. The standard InChI is InChI=1S/C17H27N3O2S.ClH/c1-19(2)10-13-6-8-15(9-7-13)23(21,22)20-11-14-4-3-5-17(18)16(14)12-20;/h6-9,14,16-17H,3-5,10-12,18H2,1-2H3;1H. The summed E-state index contributed by atoms with van der Waals surface area (Å²) in [4.78, 5) is 2.46. The van der Waals surface area contributed by atoms with Crippen LogP contribution in [0.25, 0.3) is 0 Å². The molecule has 0 bridgehead atoms. The minimum absolute atomic E-state index is 0. The first-order chi connectivity index (χ1) is 10.9. The molecule has 3 unspecified atom stereocenters. The Bertz CT molecular complexity index is 648. The highest BCUT2D eigenvalue weighted by Gasteiger charge is 2.43. The van der Waals surface area contributed by atoms with Gasteiger partial charge in [-0.25, -0.2) is 8.42 Å². The van der Waals surface area contributed by atoms with Gasteiger partial charge < -0.3 is 10.6 Å². The van der Waals surface area contributed by atoms with Crippen molar-refractivity contribution in [2.75, 3.05) is 27.2 Å². The first-order valence-corrected chi connectivity index (χ1v) is 9.81. The molecular formula is C17H28ClN3O2S. The van der Waals surface area contributed by atoms with Gasteiger partial charge in [0, 0.05) is 25.7 Å². The normalized spacial score (nSPS) is 27.8. The highest BCUT2D eigenvalue weighted by molar-refractivity contribution is 7.89. The van der Waals surface area contributed by atoms with E-state index in [2.05, 4.69) is 4.90 Å². The number of hydrogen-bond donors (Lipinski definition) is 1. The van der Waals surface area contributed by atoms with E-state index >= 15 is 0 Å². The second kappa shape index (κ2) is 7.70. The van der Waals surface area contributed by atoms with E-state index < -0.39 is 10.0 Å². The molecular weight excluding hydrogens is 346 g/mol. The van der Waals surface area contributed by atoms with Gasteiger partial charge in [-0.1, -0.05) is 18.6 Å². The van der Waals surface area contributed by atoms with Gasteiger partial charge in [-0.05, 0) is 56.5 Å². The zero-order chi connectivity index (χ0) is 16.6. The van der Waals surface area contributed by atoms with Gasteiger partial charge in [0.15, 0.2) is 0 Å². The monoisotopic (exact) mass is 373 g/mol. The molecule has 1 aromatic carbocycles. The highest BCUT2D eigenvalue weighted by atomic mass is 35.5. The molecule has 1 saturated carbocycles. The molecule has 1 heterocycles. The lowest BCUT2D eigenvalue weighted by Crippen LogP contribution is -2.38. The van der Waals surface area contributed by atoms with Gasteiger partial charge in [0.1, 0.15) is 0 Å². The van der Waals surface area contributed by atoms with Gasteiger partial charge in [0.25, 0.3) is 0 Å². The first kappa shape index (κ1) is 19.7. The van der Waals surface area contributed by atoms with E-state index in [0.717, 1.165) is 31.4 Å². The Morgan fingerprint density at radius 1 is 1.17 bits per heavy atom. The quantitative estimate of drug-likeness (QED) is 0.875. The van der Waals surface area contributed by atoms with Gasteiger partial charge in [-0.2, -0.15) is 4.31 Å². The predicted molar refractivity (Wildman–Crippen MR) is 98.6 cm³/mol. The minimum Gasteiger partial charge on any atom is -0.327 e. The van der Waals surface area contributed by atoms with Crippen LogP contribution in [0.15, 0.2) is 29.2 Å². The van der Waals surface area contributed by atoms with Crippen LogP contribution >= 0.6 is 12.4 Å². The molecule has 3 rings (SSSR count). The number of hydrogen-bond acceptors (Lipinski definition) is 4. The van der Waals surface area contributed by atoms with Crippen LogP contribution in [0.1, 0.15) is 24.8 Å². The molecule has 5 nitrogen and oxygen atoms in total. The van der Waals surface area contributed by atoms with Crippen molar-refractivity contribution in [3.05, 3.63) is 29.8 Å². The van der Waals surface area contributed by atoms with Gasteiger partial charge in [0.05, 0.1) is 4.90 Å². The van der Waals surface area contributed by atoms with Crippen molar-refractivity contribution >= 4 is 22.4 Å². The maximum atomic E-state index is 12.9. The fraction of sp³-hybridized carbons (Fsp3) is 0.647. The average Bonchev–Trinajstić information content (AvgIpc) is 2.93. The number of nitrogens with zero attached hydrogens (tertiary/aromatic N) is 2. The number of rotatable bonds is 4. The molecule has 2 aliphatic rings. The molecule has 0 aromatic heterocycles. The van der Waals surface area contributed by atoms with Crippen LogP contribution in [-0.2, 0) is 16.6 Å². The molecule has 0 radical (unpaired) electrons. The third-order valence-corrected chi connectivity index (χ3v) is 7.03. The molecule has 2 N–H and O–H groups in total. The summed E-state index contributed by atoms with van der Waals surface area (Å²) in [6, 6.07) is 7.42. The van der Waals surface area contributed by atoms with Crippen molar-refractivity contribution in [1.29, 1.82) is 0 Å². The molecule has 1 saturated heterocycles. The number of fused-ring (bicyclic) bond motifs is 1. The van der Waals surface area contributed by atoms with Crippen molar-refractivity contribution in [2.24, 2.45) is 17.6 Å². The van der Waals surface area contributed by atoms with Gasteiger partial charge >= 0.3 is 0 Å². The van der Waals surface area contributed by atoms with E-state index in [1.807, 2.05) is 26.2 Å². The second-order valence-electron chi connectivity index (χ2n) is 7.22. The fourth-order valence-corrected chi connectivity index (χ4v) is 5.49. The summed E-state index contributed by atoms with van der Waals surface area (Å²) in [6.07, 6.45) is 3.25. The number of sulfonamides is 1. The van der Waals surface area contributed by atoms with Crippen molar-refractivity contribution in [3.63, 3.8) is 0 Å². The van der Waals surface area contributed by atoms with E-state index in [1.165, 1.54) is 0 Å². The van der Waals surface area contributed by atoms with Crippen LogP contribution < -0.4 is 5.73 Å². The van der Waals surface area contributed by atoms with Gasteiger partial charge in [-0.15, -0.1) is 12.4 Å². The lowest BCUT2D eigenvalue weighted by atomic mass is 9.78. The Labute approximate surface area is 151 Å². The first-order valence-electron chi connectivity index (χ1n) is 8.37. The van der Waals surface area contributed by atoms with Crippen LogP contribution in [0.3, 0.4) is 0 Å². The van der Waals surface area contributed by atoms with Crippen LogP contribution in [0.5, 0.6) is 0 Å². The summed E-state index contributed by atoms with van der Waals surface area (Å²) < 4.78 is 27.4. The Hall–Kier alpha value is -0.660. The molecule has 1 aliphatic carbocycles. The summed E-state index contributed by atoms with van der Waals surface area (Å²) in [6.45, 7) is 2.01. The van der Waals surface area contributed by atoms with E-state index in [0.29, 0.717) is 29.8 Å². The predicted octanol–water partition coefficient (Wildman–Crippen LogP) is 1.92. The molecule has 2 fully saturated rings. The zero-order valence-electron chi connectivity index (χ0n) is 14.4. The van der Waals surface area contributed by atoms with Crippen molar-refractivity contribution < 1.29 is 8.42 Å². The van der Waals surface area contributed by atoms with Crippen molar-refractivity contribution in [1.82, 2.24) is 9.21 Å². The van der Waals surface area contributed by atoms with Crippen LogP contribution in [0.4, 0.5) is 0 Å². The summed E-state index contributed by atoms with van der Waals surface area (Å²) in [5.41, 5.74) is 7.32. The average molecular weight is 374 g/mol. The van der Waals surface area contributed by atoms with E-state index in [4.69, 9.17) is 5.73 Å². The van der Waals surface area contributed by atoms with Gasteiger partial charge in [0.2, 0.25) is 10.0 Å².